The molecule has 5 unspecified atom stereocenters. The average molecular weight is 481 g/mol. The minimum atomic E-state index is 0.217. The quantitative estimate of drug-likeness (QED) is 0.297. The van der Waals surface area contributed by atoms with Crippen LogP contribution in [0.5, 0.6) is 0 Å². The maximum atomic E-state index is 4.80. The first-order chi connectivity index (χ1) is 16.1. The maximum absolute atomic E-state index is 4.80. The molecular weight excluding hydrogens is 424 g/mol. The third-order valence-electron chi connectivity index (χ3n) is 10.1. The molecule has 1 N–H and O–H groups in total. The van der Waals surface area contributed by atoms with Gasteiger partial charge < -0.3 is 10.2 Å². The second-order valence-corrected chi connectivity index (χ2v) is 14.5. The Labute approximate surface area is 218 Å². The van der Waals surface area contributed by atoms with E-state index in [0.717, 1.165) is 25.3 Å². The van der Waals surface area contributed by atoms with Gasteiger partial charge in [-0.25, -0.2) is 0 Å². The van der Waals surface area contributed by atoms with E-state index >= 15 is 0 Å². The smallest absolute Gasteiger partial charge is 0.0706 e. The standard InChI is InChI=1S/C33H56N2/c1-22(2)16-17-26(31(7,8)9)20-24(5)34-30(33(12)18-14-13-15-19-33)25(6)35-21-27-28(32(27,10)11)29(35)23(3)4/h26-30,34H,1,3,5-6,13-21H2,2,4,7-12H3. The Hall–Kier alpha value is -1.44. The van der Waals surface area contributed by atoms with E-state index in [2.05, 4.69) is 85.3 Å². The molecule has 0 radical (unpaired) electrons. The highest BCUT2D eigenvalue weighted by Crippen LogP contribution is 2.66. The van der Waals surface area contributed by atoms with Crippen molar-refractivity contribution in [3.8, 4) is 0 Å². The summed E-state index contributed by atoms with van der Waals surface area (Å²) < 4.78 is 0. The van der Waals surface area contributed by atoms with Crippen LogP contribution in [0, 0.1) is 34.0 Å². The van der Waals surface area contributed by atoms with Crippen LogP contribution in [0.2, 0.25) is 0 Å². The molecule has 2 aliphatic carbocycles. The monoisotopic (exact) mass is 480 g/mol. The molecule has 0 aromatic carbocycles. The van der Waals surface area contributed by atoms with E-state index in [1.165, 1.54) is 61.1 Å². The molecule has 1 saturated heterocycles. The van der Waals surface area contributed by atoms with E-state index in [-0.39, 0.29) is 16.9 Å². The number of likely N-dealkylation sites (tertiary alicyclic amines) is 1. The van der Waals surface area contributed by atoms with Crippen molar-refractivity contribution in [1.29, 1.82) is 0 Å². The molecule has 0 aromatic heterocycles. The van der Waals surface area contributed by atoms with Gasteiger partial charge >= 0.3 is 0 Å². The van der Waals surface area contributed by atoms with Crippen LogP contribution in [0.1, 0.15) is 107 Å². The van der Waals surface area contributed by atoms with Crippen LogP contribution in [-0.4, -0.2) is 23.5 Å². The summed E-state index contributed by atoms with van der Waals surface area (Å²) in [7, 11) is 0. The number of rotatable bonds is 11. The van der Waals surface area contributed by atoms with Gasteiger partial charge in [0.2, 0.25) is 0 Å². The molecule has 3 rings (SSSR count). The lowest BCUT2D eigenvalue weighted by Crippen LogP contribution is -2.51. The average Bonchev–Trinajstić information content (AvgIpc) is 3.09. The Kier molecular flexibility index (Phi) is 8.15. The van der Waals surface area contributed by atoms with Gasteiger partial charge in [0.1, 0.15) is 0 Å². The molecule has 0 amide bonds. The van der Waals surface area contributed by atoms with Gasteiger partial charge in [0.15, 0.2) is 0 Å². The van der Waals surface area contributed by atoms with Crippen molar-refractivity contribution in [2.45, 2.75) is 119 Å². The molecule has 3 aliphatic rings. The third kappa shape index (κ3) is 5.94. The lowest BCUT2D eigenvalue weighted by atomic mass is 9.69. The Balaban J connectivity index is 1.81. The number of nitrogens with one attached hydrogen (secondary N) is 1. The molecule has 1 aliphatic heterocycles. The summed E-state index contributed by atoms with van der Waals surface area (Å²) in [5.74, 6) is 2.05. The summed E-state index contributed by atoms with van der Waals surface area (Å²) in [6, 6.07) is 0.657. The highest BCUT2D eigenvalue weighted by Gasteiger charge is 2.67. The lowest BCUT2D eigenvalue weighted by Gasteiger charge is -2.47. The van der Waals surface area contributed by atoms with E-state index in [4.69, 9.17) is 6.58 Å². The summed E-state index contributed by atoms with van der Waals surface area (Å²) in [6.45, 7) is 38.0. The minimum Gasteiger partial charge on any atom is -0.380 e. The van der Waals surface area contributed by atoms with Crippen molar-refractivity contribution in [2.24, 2.45) is 34.0 Å². The van der Waals surface area contributed by atoms with Gasteiger partial charge in [-0.1, -0.05) is 91.7 Å². The van der Waals surface area contributed by atoms with Gasteiger partial charge in [0.25, 0.3) is 0 Å². The third-order valence-corrected chi connectivity index (χ3v) is 10.1. The van der Waals surface area contributed by atoms with Crippen molar-refractivity contribution in [3.63, 3.8) is 0 Å². The number of hydrogen-bond donors (Lipinski definition) is 1. The van der Waals surface area contributed by atoms with E-state index in [1.54, 1.807) is 0 Å². The molecule has 0 bridgehead atoms. The molecule has 3 fully saturated rings. The first kappa shape index (κ1) is 28.1. The highest BCUT2D eigenvalue weighted by molar-refractivity contribution is 5.30. The summed E-state index contributed by atoms with van der Waals surface area (Å²) in [5, 5.41) is 4.02. The molecule has 35 heavy (non-hydrogen) atoms. The number of nitrogens with zero attached hydrogens (tertiary/aromatic N) is 1. The molecular formula is C33H56N2. The summed E-state index contributed by atoms with van der Waals surface area (Å²) in [4.78, 5) is 2.63. The minimum absolute atomic E-state index is 0.217. The van der Waals surface area contributed by atoms with Crippen molar-refractivity contribution < 1.29 is 0 Å². The van der Waals surface area contributed by atoms with E-state index in [9.17, 15) is 0 Å². The highest BCUT2D eigenvalue weighted by atomic mass is 15.3. The van der Waals surface area contributed by atoms with Crippen LogP contribution in [0.15, 0.2) is 48.9 Å². The second-order valence-electron chi connectivity index (χ2n) is 14.5. The molecule has 2 heteroatoms. The Morgan fingerprint density at radius 3 is 2.11 bits per heavy atom. The molecule has 2 saturated carbocycles. The van der Waals surface area contributed by atoms with E-state index < -0.39 is 0 Å². The van der Waals surface area contributed by atoms with Gasteiger partial charge in [-0.05, 0) is 80.0 Å². The first-order valence-electron chi connectivity index (χ1n) is 14.3. The molecule has 0 spiro atoms. The normalized spacial score (nSPS) is 28.6. The van der Waals surface area contributed by atoms with Crippen LogP contribution in [-0.2, 0) is 0 Å². The topological polar surface area (TPSA) is 15.3 Å². The van der Waals surface area contributed by atoms with E-state index in [1.807, 2.05) is 0 Å². The van der Waals surface area contributed by atoms with Crippen molar-refractivity contribution in [2.75, 3.05) is 6.54 Å². The summed E-state index contributed by atoms with van der Waals surface area (Å²) >= 11 is 0. The van der Waals surface area contributed by atoms with Crippen LogP contribution < -0.4 is 5.32 Å². The van der Waals surface area contributed by atoms with Crippen molar-refractivity contribution in [1.82, 2.24) is 10.2 Å². The molecule has 198 valence electrons. The number of piperidine rings is 1. The molecule has 2 nitrogen and oxygen atoms in total. The fraction of sp³-hybridized carbons (Fsp3) is 0.758. The Morgan fingerprint density at radius 1 is 1.00 bits per heavy atom. The Morgan fingerprint density at radius 2 is 1.60 bits per heavy atom. The second kappa shape index (κ2) is 10.1. The zero-order chi connectivity index (χ0) is 26.3. The van der Waals surface area contributed by atoms with Gasteiger partial charge in [-0.15, -0.1) is 6.58 Å². The van der Waals surface area contributed by atoms with Crippen molar-refractivity contribution >= 4 is 0 Å². The van der Waals surface area contributed by atoms with Gasteiger partial charge in [0, 0.05) is 17.9 Å². The predicted octanol–water partition coefficient (Wildman–Crippen LogP) is 8.88. The van der Waals surface area contributed by atoms with Gasteiger partial charge in [-0.2, -0.15) is 0 Å². The molecule has 1 heterocycles. The maximum Gasteiger partial charge on any atom is 0.0706 e. The van der Waals surface area contributed by atoms with Crippen molar-refractivity contribution in [3.05, 3.63) is 48.9 Å². The fourth-order valence-electron chi connectivity index (χ4n) is 7.45. The number of allylic oxidation sites excluding steroid dienone is 2. The molecule has 5 atom stereocenters. The first-order valence-corrected chi connectivity index (χ1v) is 14.3. The van der Waals surface area contributed by atoms with Crippen LogP contribution in [0.3, 0.4) is 0 Å². The van der Waals surface area contributed by atoms with Crippen LogP contribution >= 0.6 is 0 Å². The zero-order valence-electron chi connectivity index (χ0n) is 24.5. The van der Waals surface area contributed by atoms with E-state index in [0.29, 0.717) is 23.3 Å². The summed E-state index contributed by atoms with van der Waals surface area (Å²) in [6.07, 6.45) is 9.80. The SMILES string of the molecule is C=C(C)CCC(CC(=C)NC(C(=C)N1CC2C(C1C(=C)C)C2(C)C)C1(C)CCCCC1)C(C)(C)C. The van der Waals surface area contributed by atoms with Crippen LogP contribution in [0.25, 0.3) is 0 Å². The van der Waals surface area contributed by atoms with Crippen LogP contribution in [0.4, 0.5) is 0 Å². The predicted molar refractivity (Wildman–Crippen MR) is 154 cm³/mol. The van der Waals surface area contributed by atoms with Gasteiger partial charge in [0.05, 0.1) is 12.1 Å². The zero-order valence-corrected chi connectivity index (χ0v) is 24.5. The largest absolute Gasteiger partial charge is 0.380 e. The number of hydrogen-bond acceptors (Lipinski definition) is 2. The summed E-state index contributed by atoms with van der Waals surface area (Å²) in [5.41, 5.74) is 5.93. The molecule has 0 aromatic rings. The fourth-order valence-corrected chi connectivity index (χ4v) is 7.45. The number of fused-ring (bicyclic) bond motifs is 1. The lowest BCUT2D eigenvalue weighted by molar-refractivity contribution is 0.132. The van der Waals surface area contributed by atoms with Gasteiger partial charge in [-0.3, -0.25) is 0 Å². The Bertz CT molecular complexity index is 832.